The van der Waals surface area contributed by atoms with Crippen LogP contribution in [0.5, 0.6) is 0 Å². The summed E-state index contributed by atoms with van der Waals surface area (Å²) < 4.78 is 0. The van der Waals surface area contributed by atoms with E-state index in [0.717, 1.165) is 0 Å². The van der Waals surface area contributed by atoms with Gasteiger partial charge >= 0.3 is 121 Å². The molecule has 0 aromatic rings. The maximum absolute atomic E-state index is 0. The Morgan fingerprint density at radius 2 is 0.750 bits per heavy atom. The van der Waals surface area contributed by atoms with Crippen molar-refractivity contribution < 1.29 is 83.5 Å². The molecule has 0 aromatic heterocycles. The summed E-state index contributed by atoms with van der Waals surface area (Å²) in [6.07, 6.45) is 0. The Hall–Kier alpha value is 3.92. The van der Waals surface area contributed by atoms with Crippen LogP contribution in [0.15, 0.2) is 0 Å². The van der Waals surface area contributed by atoms with E-state index >= 15 is 0 Å². The zero-order valence-corrected chi connectivity index (χ0v) is 12.0. The first-order valence-corrected chi connectivity index (χ1v) is 0. The fraction of sp³-hybridized carbons (Fsp3) is 0. The topological polar surface area (TPSA) is 0 Å². The molecule has 0 unspecified atom stereocenters. The fourth-order valence-electron chi connectivity index (χ4n) is 0. The molecule has 0 heterocycles. The fourth-order valence-corrected chi connectivity index (χ4v) is 0. The van der Waals surface area contributed by atoms with Gasteiger partial charge in [-0.3, -0.25) is 0 Å². The van der Waals surface area contributed by atoms with E-state index in [1.165, 1.54) is 0 Å². The first-order chi connectivity index (χ1) is 0. The molecule has 0 aromatic carbocycles. The van der Waals surface area contributed by atoms with Gasteiger partial charge in [-0.15, -0.1) is 0 Å². The summed E-state index contributed by atoms with van der Waals surface area (Å²) in [6, 6.07) is 0. The van der Waals surface area contributed by atoms with E-state index in [0.29, 0.717) is 0 Å². The van der Waals surface area contributed by atoms with Gasteiger partial charge in [0.15, 0.2) is 0 Å². The zero-order valence-electron chi connectivity index (χ0n) is 2.15. The van der Waals surface area contributed by atoms with Gasteiger partial charge in [-0.1, -0.05) is 0 Å². The van der Waals surface area contributed by atoms with Gasteiger partial charge in [-0.25, -0.2) is 0 Å². The molecule has 0 saturated carbocycles. The van der Waals surface area contributed by atoms with Crippen LogP contribution in [0.4, 0.5) is 0 Å². The van der Waals surface area contributed by atoms with Crippen molar-refractivity contribution in [3.8, 4) is 0 Å². The summed E-state index contributed by atoms with van der Waals surface area (Å²) in [4.78, 5) is 0. The minimum Gasteiger partial charge on any atom is 3.00 e. The van der Waals surface area contributed by atoms with E-state index in [4.69, 9.17) is 0 Å². The van der Waals surface area contributed by atoms with Crippen molar-refractivity contribution in [1.29, 1.82) is 0 Å². The van der Waals surface area contributed by atoms with Crippen molar-refractivity contribution in [3.05, 3.63) is 0 Å². The largest absolute Gasteiger partial charge is 3.00 e. The van der Waals surface area contributed by atoms with Crippen LogP contribution in [0, 0.1) is 83.5 Å². The molecular formula is AlCe2Ga+12. The number of hydrogen-bond acceptors (Lipinski definition) is 0. The smallest absolute Gasteiger partial charge is 3.00 e. The summed E-state index contributed by atoms with van der Waals surface area (Å²) >= 11 is 0. The monoisotopic (exact) mass is 376 g/mol. The molecule has 0 nitrogen and oxygen atoms in total. The first-order valence-electron chi connectivity index (χ1n) is 0. The van der Waals surface area contributed by atoms with Crippen molar-refractivity contribution in [2.45, 2.75) is 0 Å². The van der Waals surface area contributed by atoms with E-state index in [9.17, 15) is 0 Å². The average molecular weight is 377 g/mol. The normalized spacial score (nSPS) is 0. The van der Waals surface area contributed by atoms with Gasteiger partial charge in [0.05, 0.1) is 0 Å². The van der Waals surface area contributed by atoms with Gasteiger partial charge in [-0.2, -0.15) is 0 Å². The summed E-state index contributed by atoms with van der Waals surface area (Å²) in [5.74, 6) is 0. The van der Waals surface area contributed by atoms with E-state index in [1.807, 2.05) is 0 Å². The maximum atomic E-state index is 0. The van der Waals surface area contributed by atoms with Gasteiger partial charge in [0, 0.05) is 0 Å². The van der Waals surface area contributed by atoms with E-state index in [1.54, 1.807) is 0 Å². The summed E-state index contributed by atoms with van der Waals surface area (Å²) in [7, 11) is 0. The standard InChI is InChI=1S/Al.2Ce.Ga/q4*+3. The zero-order chi connectivity index (χ0) is 0. The molecule has 0 amide bonds. The Balaban J connectivity index is 0. The van der Waals surface area contributed by atoms with Crippen LogP contribution >= 0.6 is 0 Å². The van der Waals surface area contributed by atoms with Crippen molar-refractivity contribution in [3.63, 3.8) is 0 Å². The molecule has 0 spiro atoms. The number of rotatable bonds is 0. The van der Waals surface area contributed by atoms with Crippen LogP contribution in [-0.4, -0.2) is 37.2 Å². The molecular weight excluding hydrogens is 377 g/mol. The van der Waals surface area contributed by atoms with Crippen LogP contribution in [0.1, 0.15) is 0 Å². The molecule has 4 heteroatoms. The predicted molar refractivity (Wildman–Crippen MR) is 11.5 cm³/mol. The molecule has 0 rings (SSSR count). The quantitative estimate of drug-likeness (QED) is 0.487. The minimum absolute atomic E-state index is 0. The molecule has 4 heavy (non-hydrogen) atoms. The van der Waals surface area contributed by atoms with Crippen LogP contribution in [0.2, 0.25) is 0 Å². The van der Waals surface area contributed by atoms with Crippen molar-refractivity contribution in [2.75, 3.05) is 0 Å². The Morgan fingerprint density at radius 3 is 0.750 bits per heavy atom. The van der Waals surface area contributed by atoms with Gasteiger partial charge in [0.1, 0.15) is 0 Å². The average Bonchev–Trinajstić information content (AvgIpc) is 0. The molecule has 2 valence electrons. The second-order valence-electron chi connectivity index (χ2n) is 0. The molecule has 0 N–H and O–H groups in total. The van der Waals surface area contributed by atoms with Crippen LogP contribution in [-0.2, 0) is 0 Å². The Morgan fingerprint density at radius 1 is 0.750 bits per heavy atom. The van der Waals surface area contributed by atoms with Gasteiger partial charge in [0.25, 0.3) is 0 Å². The van der Waals surface area contributed by atoms with E-state index < -0.39 is 0 Å². The predicted octanol–water partition coefficient (Wildman–Crippen LogP) is -0.762. The van der Waals surface area contributed by atoms with Gasteiger partial charge < -0.3 is 0 Å². The third-order valence-corrected chi connectivity index (χ3v) is 0. The van der Waals surface area contributed by atoms with Crippen LogP contribution in [0.25, 0.3) is 0 Å². The van der Waals surface area contributed by atoms with E-state index in [-0.39, 0.29) is 121 Å². The molecule has 2 radical (unpaired) electrons. The SMILES string of the molecule is [Al+3].[Ce+3].[Ce+3].[Ga+3]. The molecule has 0 aliphatic rings. The molecule has 0 saturated heterocycles. The van der Waals surface area contributed by atoms with Crippen molar-refractivity contribution in [1.82, 2.24) is 0 Å². The van der Waals surface area contributed by atoms with Crippen LogP contribution in [0.3, 0.4) is 0 Å². The second kappa shape index (κ2) is 15.8. The summed E-state index contributed by atoms with van der Waals surface area (Å²) in [5, 5.41) is 0. The summed E-state index contributed by atoms with van der Waals surface area (Å²) in [5.41, 5.74) is 0. The third-order valence-electron chi connectivity index (χ3n) is 0. The van der Waals surface area contributed by atoms with Crippen molar-refractivity contribution in [2.24, 2.45) is 0 Å². The first kappa shape index (κ1) is 24.7. The van der Waals surface area contributed by atoms with Crippen LogP contribution < -0.4 is 0 Å². The number of hydrogen-bond donors (Lipinski definition) is 0. The third kappa shape index (κ3) is 9.33. The molecule has 0 aliphatic heterocycles. The Bertz CT molecular complexity index is 6.00. The second-order valence-corrected chi connectivity index (χ2v) is 0. The van der Waals surface area contributed by atoms with Gasteiger partial charge in [0.2, 0.25) is 0 Å². The molecule has 0 atom stereocenters. The molecule has 0 fully saturated rings. The Labute approximate surface area is 117 Å². The molecule has 0 bridgehead atoms. The molecule has 0 aliphatic carbocycles. The van der Waals surface area contributed by atoms with E-state index in [2.05, 4.69) is 0 Å². The maximum Gasteiger partial charge on any atom is 3.00 e. The minimum atomic E-state index is 0. The van der Waals surface area contributed by atoms with Crippen molar-refractivity contribution >= 4 is 37.2 Å². The Kier molecular flexibility index (Phi) is 97.4. The van der Waals surface area contributed by atoms with Gasteiger partial charge in [-0.05, 0) is 0 Å². The summed E-state index contributed by atoms with van der Waals surface area (Å²) in [6.45, 7) is 0.